The number of hydrogen-bond acceptors (Lipinski definition) is 2. The van der Waals surface area contributed by atoms with Crippen LogP contribution in [0.15, 0.2) is 30.3 Å². The fraction of sp³-hybridized carbons (Fsp3) is 0.500. The lowest BCUT2D eigenvalue weighted by Gasteiger charge is -2.22. The molecule has 3 nitrogen and oxygen atoms in total. The fourth-order valence-electron chi connectivity index (χ4n) is 1.69. The van der Waals surface area contributed by atoms with Gasteiger partial charge in [0.15, 0.2) is 0 Å². The predicted octanol–water partition coefficient (Wildman–Crippen LogP) is 3.08. The first-order valence-electron chi connectivity index (χ1n) is 6.37. The van der Waals surface area contributed by atoms with Crippen molar-refractivity contribution in [3.63, 3.8) is 0 Å². The minimum Gasteiger partial charge on any atom is -0.375 e. The number of nitrogens with zero attached hydrogens (tertiary/aromatic N) is 1. The van der Waals surface area contributed by atoms with Gasteiger partial charge >= 0.3 is 0 Å². The van der Waals surface area contributed by atoms with Crippen LogP contribution < -0.4 is 0 Å². The maximum Gasteiger partial charge on any atom is 0.261 e. The molecule has 0 saturated heterocycles. The van der Waals surface area contributed by atoms with Crippen molar-refractivity contribution in [2.45, 2.75) is 19.4 Å². The van der Waals surface area contributed by atoms with Crippen molar-refractivity contribution in [3.8, 4) is 0 Å². The highest BCUT2D eigenvalue weighted by atomic mass is 79.9. The van der Waals surface area contributed by atoms with Crippen molar-refractivity contribution in [2.24, 2.45) is 0 Å². The maximum atomic E-state index is 12.0. The number of ether oxygens (including phenoxy) is 1. The predicted molar refractivity (Wildman–Crippen MR) is 77.1 cm³/mol. The Bertz CT molecular complexity index is 390. The first kappa shape index (κ1) is 17.0. The number of hydrogen-bond donors (Lipinski definition) is 0. The van der Waals surface area contributed by atoms with Gasteiger partial charge in [-0.2, -0.15) is 0 Å². The summed E-state index contributed by atoms with van der Waals surface area (Å²) < 4.78 is 28.5. The second-order valence-electron chi connectivity index (χ2n) is 4.21. The first-order valence-corrected chi connectivity index (χ1v) is 7.49. The molecule has 1 aromatic rings. The minimum absolute atomic E-state index is 0.0246. The summed E-state index contributed by atoms with van der Waals surface area (Å²) in [6.07, 6.45) is -2.37. The molecule has 0 spiro atoms. The van der Waals surface area contributed by atoms with Crippen molar-refractivity contribution >= 4 is 21.8 Å². The Morgan fingerprint density at radius 3 is 2.60 bits per heavy atom. The van der Waals surface area contributed by atoms with Crippen LogP contribution in [0, 0.1) is 0 Å². The molecule has 0 radical (unpaired) electrons. The molecule has 0 aromatic heterocycles. The molecule has 112 valence electrons. The van der Waals surface area contributed by atoms with Crippen molar-refractivity contribution in [3.05, 3.63) is 35.9 Å². The van der Waals surface area contributed by atoms with E-state index in [1.54, 1.807) is 4.90 Å². The van der Waals surface area contributed by atoms with E-state index in [2.05, 4.69) is 15.9 Å². The van der Waals surface area contributed by atoms with Crippen LogP contribution in [-0.4, -0.2) is 42.3 Å². The lowest BCUT2D eigenvalue weighted by molar-refractivity contribution is -0.133. The zero-order chi connectivity index (χ0) is 14.8. The highest BCUT2D eigenvalue weighted by Crippen LogP contribution is 2.07. The number of carbonyl (C=O) groups excluding carboxylic acids is 1. The molecule has 0 aliphatic carbocycles. The molecule has 0 aliphatic rings. The van der Waals surface area contributed by atoms with E-state index >= 15 is 0 Å². The third-order valence-electron chi connectivity index (χ3n) is 2.63. The Hall–Kier alpha value is -1.01. The molecule has 1 rings (SSSR count). The smallest absolute Gasteiger partial charge is 0.261 e. The van der Waals surface area contributed by atoms with Crippen molar-refractivity contribution < 1.29 is 18.3 Å². The normalized spacial score (nSPS) is 10.8. The zero-order valence-corrected chi connectivity index (χ0v) is 12.7. The number of alkyl halides is 3. The van der Waals surface area contributed by atoms with E-state index in [1.165, 1.54) is 0 Å². The Kier molecular flexibility index (Phi) is 8.37. The molecular formula is C14H18BrF2NO2. The summed E-state index contributed by atoms with van der Waals surface area (Å²) >= 11 is 3.31. The van der Waals surface area contributed by atoms with E-state index in [4.69, 9.17) is 4.74 Å². The molecule has 0 unspecified atom stereocenters. The van der Waals surface area contributed by atoms with E-state index in [-0.39, 0.29) is 18.9 Å². The van der Waals surface area contributed by atoms with Crippen LogP contribution in [0.2, 0.25) is 0 Å². The lowest BCUT2D eigenvalue weighted by Crippen LogP contribution is -2.33. The highest BCUT2D eigenvalue weighted by Gasteiger charge is 2.13. The molecule has 0 aliphatic heterocycles. The van der Waals surface area contributed by atoms with Crippen molar-refractivity contribution in [2.75, 3.05) is 25.1 Å². The first-order chi connectivity index (χ1) is 9.63. The largest absolute Gasteiger partial charge is 0.375 e. The average Bonchev–Trinajstić information content (AvgIpc) is 2.44. The molecule has 1 amide bonds. The molecule has 0 fully saturated rings. The van der Waals surface area contributed by atoms with Crippen LogP contribution in [0.1, 0.15) is 12.0 Å². The van der Waals surface area contributed by atoms with E-state index in [9.17, 15) is 13.6 Å². The van der Waals surface area contributed by atoms with Crippen LogP contribution in [0.3, 0.4) is 0 Å². The van der Waals surface area contributed by atoms with Crippen LogP contribution in [-0.2, 0) is 16.1 Å². The van der Waals surface area contributed by atoms with Gasteiger partial charge in [-0.3, -0.25) is 4.79 Å². The van der Waals surface area contributed by atoms with Crippen molar-refractivity contribution in [1.82, 2.24) is 4.90 Å². The van der Waals surface area contributed by atoms with Gasteiger partial charge in [0.25, 0.3) is 6.43 Å². The summed E-state index contributed by atoms with van der Waals surface area (Å²) in [6.45, 7) is 0.490. The summed E-state index contributed by atoms with van der Waals surface area (Å²) in [6, 6.07) is 9.64. The second kappa shape index (κ2) is 9.83. The third-order valence-corrected chi connectivity index (χ3v) is 2.98. The average molecular weight is 350 g/mol. The minimum atomic E-state index is -2.49. The summed E-state index contributed by atoms with van der Waals surface area (Å²) in [5.41, 5.74) is 1.04. The molecular weight excluding hydrogens is 332 g/mol. The molecule has 0 atom stereocenters. The molecule has 6 heteroatoms. The van der Waals surface area contributed by atoms with Gasteiger partial charge in [0.05, 0.1) is 13.0 Å². The van der Waals surface area contributed by atoms with Gasteiger partial charge < -0.3 is 9.64 Å². The monoisotopic (exact) mass is 349 g/mol. The standard InChI is InChI=1S/C14H18BrF2NO2/c15-7-8-18(10-12-4-2-1-3-5-12)14(19)6-9-20-11-13(16)17/h1-5,13H,6-11H2. The Labute approximate surface area is 126 Å². The zero-order valence-electron chi connectivity index (χ0n) is 11.1. The van der Waals surface area contributed by atoms with Gasteiger partial charge in [-0.1, -0.05) is 46.3 Å². The van der Waals surface area contributed by atoms with Gasteiger partial charge in [-0.05, 0) is 5.56 Å². The number of rotatable bonds is 9. The van der Waals surface area contributed by atoms with E-state index in [0.29, 0.717) is 18.4 Å². The molecule has 1 aromatic carbocycles. The Morgan fingerprint density at radius 2 is 2.00 bits per heavy atom. The number of amides is 1. The van der Waals surface area contributed by atoms with Crippen LogP contribution >= 0.6 is 15.9 Å². The Morgan fingerprint density at radius 1 is 1.30 bits per heavy atom. The van der Waals surface area contributed by atoms with Gasteiger partial charge in [-0.25, -0.2) is 8.78 Å². The molecule has 0 heterocycles. The molecule has 20 heavy (non-hydrogen) atoms. The summed E-state index contributed by atoms with van der Waals surface area (Å²) in [5, 5.41) is 0.670. The van der Waals surface area contributed by atoms with Crippen LogP contribution in [0.5, 0.6) is 0 Å². The van der Waals surface area contributed by atoms with Crippen molar-refractivity contribution in [1.29, 1.82) is 0 Å². The van der Waals surface area contributed by atoms with Gasteiger partial charge in [0, 0.05) is 18.4 Å². The Balaban J connectivity index is 2.42. The number of benzene rings is 1. The van der Waals surface area contributed by atoms with E-state index in [0.717, 1.165) is 5.56 Å². The summed E-state index contributed by atoms with van der Waals surface area (Å²) in [5.74, 6) is -0.0948. The summed E-state index contributed by atoms with van der Waals surface area (Å²) in [7, 11) is 0. The van der Waals surface area contributed by atoms with E-state index < -0.39 is 13.0 Å². The summed E-state index contributed by atoms with van der Waals surface area (Å²) in [4.78, 5) is 13.7. The number of halogens is 3. The van der Waals surface area contributed by atoms with Gasteiger partial charge in [0.1, 0.15) is 6.61 Å². The second-order valence-corrected chi connectivity index (χ2v) is 5.00. The SMILES string of the molecule is O=C(CCOCC(F)F)N(CCBr)Cc1ccccc1. The van der Waals surface area contributed by atoms with E-state index in [1.807, 2.05) is 30.3 Å². The van der Waals surface area contributed by atoms with Gasteiger partial charge in [-0.15, -0.1) is 0 Å². The van der Waals surface area contributed by atoms with Crippen LogP contribution in [0.25, 0.3) is 0 Å². The molecule has 0 saturated carbocycles. The lowest BCUT2D eigenvalue weighted by atomic mass is 10.2. The fourth-order valence-corrected chi connectivity index (χ4v) is 2.12. The highest BCUT2D eigenvalue weighted by molar-refractivity contribution is 9.09. The quantitative estimate of drug-likeness (QED) is 0.506. The van der Waals surface area contributed by atoms with Gasteiger partial charge in [0.2, 0.25) is 5.91 Å². The third kappa shape index (κ3) is 6.96. The van der Waals surface area contributed by atoms with Crippen LogP contribution in [0.4, 0.5) is 8.78 Å². The topological polar surface area (TPSA) is 29.5 Å². The molecule has 0 N–H and O–H groups in total. The number of carbonyl (C=O) groups is 1. The maximum absolute atomic E-state index is 12.0. The molecule has 0 bridgehead atoms.